The summed E-state index contributed by atoms with van der Waals surface area (Å²) in [6, 6.07) is -0.419. The van der Waals surface area contributed by atoms with Crippen LogP contribution in [0.4, 0.5) is 4.79 Å². The molecule has 0 radical (unpaired) electrons. The molecule has 4 N–H and O–H groups in total. The summed E-state index contributed by atoms with van der Waals surface area (Å²) in [6.07, 6.45) is -0.0434. The van der Waals surface area contributed by atoms with Crippen LogP contribution in [0.1, 0.15) is 12.8 Å². The number of amides is 3. The molecule has 0 aliphatic heterocycles. The van der Waals surface area contributed by atoms with E-state index in [1.807, 2.05) is 0 Å². The lowest BCUT2D eigenvalue weighted by molar-refractivity contribution is -0.137. The molecule has 0 unspecified atom stereocenters. The molecule has 0 saturated heterocycles. The molecule has 7 heteroatoms. The zero-order valence-corrected chi connectivity index (χ0v) is 8.52. The second-order valence-electron chi connectivity index (χ2n) is 3.01. The summed E-state index contributed by atoms with van der Waals surface area (Å²) in [5, 5.41) is 10.8. The van der Waals surface area contributed by atoms with Crippen LogP contribution in [0.15, 0.2) is 0 Å². The Hall–Kier alpha value is -1.79. The first-order valence-corrected chi connectivity index (χ1v) is 4.42. The van der Waals surface area contributed by atoms with Gasteiger partial charge in [-0.1, -0.05) is 0 Å². The molecule has 15 heavy (non-hydrogen) atoms. The smallest absolute Gasteiger partial charge is 0.317 e. The number of rotatable bonds is 6. The molecular weight excluding hydrogens is 202 g/mol. The van der Waals surface area contributed by atoms with Crippen LogP contribution in [0.2, 0.25) is 0 Å². The van der Waals surface area contributed by atoms with Gasteiger partial charge in [0.1, 0.15) is 0 Å². The number of aliphatic carboxylic acids is 1. The number of nitrogens with zero attached hydrogens (tertiary/aromatic N) is 1. The van der Waals surface area contributed by atoms with E-state index in [-0.39, 0.29) is 25.9 Å². The summed E-state index contributed by atoms with van der Waals surface area (Å²) in [5.41, 5.74) is 4.87. The van der Waals surface area contributed by atoms with Crippen LogP contribution in [0.5, 0.6) is 0 Å². The van der Waals surface area contributed by atoms with Gasteiger partial charge in [-0.05, 0) is 0 Å². The number of nitrogens with two attached hydrogens (primary N) is 1. The Morgan fingerprint density at radius 2 is 1.93 bits per heavy atom. The number of urea groups is 1. The standard InChI is InChI=1S/C8H15N3O4/c1-11(5-3-7(13)14)8(15)10-4-2-6(9)12/h2-5H2,1H3,(H2,9,12)(H,10,15)(H,13,14). The number of carboxylic acids is 1. The number of hydrogen-bond acceptors (Lipinski definition) is 3. The van der Waals surface area contributed by atoms with Crippen LogP contribution in [0, 0.1) is 0 Å². The van der Waals surface area contributed by atoms with Crippen molar-refractivity contribution in [3.8, 4) is 0 Å². The Balaban J connectivity index is 3.69. The molecule has 3 amide bonds. The predicted octanol–water partition coefficient (Wildman–Crippen LogP) is -1.02. The largest absolute Gasteiger partial charge is 0.481 e. The number of carboxylic acid groups (broad SMARTS) is 1. The maximum absolute atomic E-state index is 11.2. The van der Waals surface area contributed by atoms with E-state index in [0.29, 0.717) is 0 Å². The van der Waals surface area contributed by atoms with Crippen LogP contribution in [-0.2, 0) is 9.59 Å². The molecule has 0 atom stereocenters. The van der Waals surface area contributed by atoms with Gasteiger partial charge in [0.2, 0.25) is 5.91 Å². The van der Waals surface area contributed by atoms with Gasteiger partial charge >= 0.3 is 12.0 Å². The molecule has 0 spiro atoms. The van der Waals surface area contributed by atoms with Crippen LogP contribution in [0.3, 0.4) is 0 Å². The zero-order chi connectivity index (χ0) is 11.8. The van der Waals surface area contributed by atoms with Crippen molar-refractivity contribution in [2.75, 3.05) is 20.1 Å². The number of carbonyl (C=O) groups is 3. The van der Waals surface area contributed by atoms with Gasteiger partial charge in [-0.2, -0.15) is 0 Å². The van der Waals surface area contributed by atoms with E-state index in [4.69, 9.17) is 10.8 Å². The predicted molar refractivity (Wildman–Crippen MR) is 52.1 cm³/mol. The minimum atomic E-state index is -0.966. The van der Waals surface area contributed by atoms with Crippen molar-refractivity contribution in [1.29, 1.82) is 0 Å². The lowest BCUT2D eigenvalue weighted by Gasteiger charge is -2.16. The SMILES string of the molecule is CN(CCC(=O)O)C(=O)NCCC(N)=O. The van der Waals surface area contributed by atoms with Gasteiger partial charge in [-0.3, -0.25) is 9.59 Å². The van der Waals surface area contributed by atoms with Gasteiger partial charge in [0, 0.05) is 26.6 Å². The fourth-order valence-corrected chi connectivity index (χ4v) is 0.792. The van der Waals surface area contributed by atoms with Gasteiger partial charge in [-0.25, -0.2) is 4.79 Å². The van der Waals surface area contributed by atoms with Gasteiger partial charge in [-0.15, -0.1) is 0 Å². The Labute approximate surface area is 87.2 Å². The minimum absolute atomic E-state index is 0.0680. The van der Waals surface area contributed by atoms with E-state index in [9.17, 15) is 14.4 Å². The first kappa shape index (κ1) is 13.2. The molecule has 0 saturated carbocycles. The fraction of sp³-hybridized carbons (Fsp3) is 0.625. The second kappa shape index (κ2) is 6.63. The van der Waals surface area contributed by atoms with Crippen molar-refractivity contribution in [3.63, 3.8) is 0 Å². The molecule has 0 aliphatic carbocycles. The molecule has 7 nitrogen and oxygen atoms in total. The molecular formula is C8H15N3O4. The Morgan fingerprint density at radius 1 is 1.33 bits per heavy atom. The highest BCUT2D eigenvalue weighted by Gasteiger charge is 2.09. The molecule has 0 bridgehead atoms. The molecule has 0 rings (SSSR count). The maximum atomic E-state index is 11.2. The summed E-state index contributed by atoms with van der Waals surface area (Å²) in [7, 11) is 1.47. The van der Waals surface area contributed by atoms with Gasteiger partial charge in [0.15, 0.2) is 0 Å². The van der Waals surface area contributed by atoms with E-state index >= 15 is 0 Å². The van der Waals surface area contributed by atoms with E-state index < -0.39 is 17.9 Å². The monoisotopic (exact) mass is 217 g/mol. The number of primary amides is 1. The quantitative estimate of drug-likeness (QED) is 0.528. The third kappa shape index (κ3) is 7.29. The Bertz CT molecular complexity index is 254. The topological polar surface area (TPSA) is 113 Å². The highest BCUT2D eigenvalue weighted by molar-refractivity contribution is 5.77. The summed E-state index contributed by atoms with van der Waals surface area (Å²) in [4.78, 5) is 33.0. The van der Waals surface area contributed by atoms with E-state index in [2.05, 4.69) is 5.32 Å². The highest BCUT2D eigenvalue weighted by atomic mass is 16.4. The third-order valence-electron chi connectivity index (χ3n) is 1.66. The summed E-state index contributed by atoms with van der Waals surface area (Å²) >= 11 is 0. The van der Waals surface area contributed by atoms with Gasteiger partial charge in [0.05, 0.1) is 6.42 Å². The Morgan fingerprint density at radius 3 is 2.40 bits per heavy atom. The molecule has 0 aliphatic rings. The highest BCUT2D eigenvalue weighted by Crippen LogP contribution is 1.88. The first-order valence-electron chi connectivity index (χ1n) is 4.42. The third-order valence-corrected chi connectivity index (χ3v) is 1.66. The van der Waals surface area contributed by atoms with Crippen molar-refractivity contribution in [2.45, 2.75) is 12.8 Å². The summed E-state index contributed by atoms with van der Waals surface area (Å²) in [6.45, 7) is 0.281. The van der Waals surface area contributed by atoms with Crippen molar-refractivity contribution in [3.05, 3.63) is 0 Å². The van der Waals surface area contributed by atoms with E-state index in [0.717, 1.165) is 0 Å². The van der Waals surface area contributed by atoms with Crippen LogP contribution >= 0.6 is 0 Å². The molecule has 0 aromatic rings. The molecule has 86 valence electrons. The van der Waals surface area contributed by atoms with Crippen LogP contribution in [0.25, 0.3) is 0 Å². The van der Waals surface area contributed by atoms with Crippen molar-refractivity contribution < 1.29 is 19.5 Å². The average molecular weight is 217 g/mol. The van der Waals surface area contributed by atoms with E-state index in [1.165, 1.54) is 11.9 Å². The van der Waals surface area contributed by atoms with Crippen molar-refractivity contribution in [1.82, 2.24) is 10.2 Å². The van der Waals surface area contributed by atoms with Crippen molar-refractivity contribution >= 4 is 17.9 Å². The molecule has 0 aromatic heterocycles. The van der Waals surface area contributed by atoms with Crippen LogP contribution < -0.4 is 11.1 Å². The first-order chi connectivity index (χ1) is 6.93. The van der Waals surface area contributed by atoms with Gasteiger partial charge in [0.25, 0.3) is 0 Å². The molecule has 0 heterocycles. The number of nitrogens with one attached hydrogen (secondary N) is 1. The number of carbonyl (C=O) groups excluding carboxylic acids is 2. The molecule has 0 aromatic carbocycles. The average Bonchev–Trinajstić information content (AvgIpc) is 2.13. The second-order valence-corrected chi connectivity index (χ2v) is 3.01. The number of hydrogen-bond donors (Lipinski definition) is 3. The lowest BCUT2D eigenvalue weighted by atomic mass is 10.4. The zero-order valence-electron chi connectivity index (χ0n) is 8.52. The minimum Gasteiger partial charge on any atom is -0.481 e. The molecule has 0 fully saturated rings. The summed E-state index contributed by atoms with van der Waals surface area (Å²) in [5.74, 6) is -1.46. The fourth-order valence-electron chi connectivity index (χ4n) is 0.792. The van der Waals surface area contributed by atoms with Crippen LogP contribution in [-0.4, -0.2) is 48.1 Å². The Kier molecular flexibility index (Phi) is 5.84. The summed E-state index contributed by atoms with van der Waals surface area (Å²) < 4.78 is 0. The van der Waals surface area contributed by atoms with E-state index in [1.54, 1.807) is 0 Å². The van der Waals surface area contributed by atoms with Gasteiger partial charge < -0.3 is 21.1 Å². The maximum Gasteiger partial charge on any atom is 0.317 e. The normalized spacial score (nSPS) is 9.40. The van der Waals surface area contributed by atoms with Crippen molar-refractivity contribution in [2.24, 2.45) is 5.73 Å². The lowest BCUT2D eigenvalue weighted by Crippen LogP contribution is -2.39.